The summed E-state index contributed by atoms with van der Waals surface area (Å²) >= 11 is 0. The lowest BCUT2D eigenvalue weighted by molar-refractivity contribution is 0.0995. The SMILES string of the molecule is C[C@@H]1CN(c2nccnc2C(N)=O)CCN1. The second-order valence-corrected chi connectivity index (χ2v) is 3.89. The molecule has 1 aromatic rings. The summed E-state index contributed by atoms with van der Waals surface area (Å²) in [7, 11) is 0. The zero-order chi connectivity index (χ0) is 11.5. The predicted octanol–water partition coefficient (Wildman–Crippen LogP) is -0.626. The van der Waals surface area contributed by atoms with E-state index < -0.39 is 5.91 Å². The maximum atomic E-state index is 11.2. The molecule has 6 nitrogen and oxygen atoms in total. The number of rotatable bonds is 2. The average molecular weight is 221 g/mol. The van der Waals surface area contributed by atoms with Crippen LogP contribution in [0.3, 0.4) is 0 Å². The van der Waals surface area contributed by atoms with E-state index in [0.717, 1.165) is 19.6 Å². The van der Waals surface area contributed by atoms with Crippen molar-refractivity contribution in [3.8, 4) is 0 Å². The van der Waals surface area contributed by atoms with E-state index in [4.69, 9.17) is 5.73 Å². The number of aromatic nitrogens is 2. The molecule has 0 aliphatic carbocycles. The van der Waals surface area contributed by atoms with Gasteiger partial charge < -0.3 is 16.0 Å². The fourth-order valence-electron chi connectivity index (χ4n) is 1.86. The fraction of sp³-hybridized carbons (Fsp3) is 0.500. The topological polar surface area (TPSA) is 84.1 Å². The minimum atomic E-state index is -0.533. The van der Waals surface area contributed by atoms with E-state index >= 15 is 0 Å². The van der Waals surface area contributed by atoms with E-state index in [1.165, 1.54) is 6.20 Å². The number of primary amides is 1. The Morgan fingerprint density at radius 3 is 3.00 bits per heavy atom. The molecule has 1 aromatic heterocycles. The normalized spacial score (nSPS) is 20.8. The number of carbonyl (C=O) groups is 1. The summed E-state index contributed by atoms with van der Waals surface area (Å²) in [4.78, 5) is 21.4. The first-order valence-electron chi connectivity index (χ1n) is 5.27. The number of piperazine rings is 1. The van der Waals surface area contributed by atoms with E-state index in [-0.39, 0.29) is 5.69 Å². The van der Waals surface area contributed by atoms with Crippen LogP contribution < -0.4 is 16.0 Å². The first-order chi connectivity index (χ1) is 7.68. The van der Waals surface area contributed by atoms with Crippen LogP contribution in [-0.2, 0) is 0 Å². The zero-order valence-corrected chi connectivity index (χ0v) is 9.18. The minimum Gasteiger partial charge on any atom is -0.364 e. The van der Waals surface area contributed by atoms with Crippen molar-refractivity contribution in [3.63, 3.8) is 0 Å². The summed E-state index contributed by atoms with van der Waals surface area (Å²) in [6.45, 7) is 4.57. The predicted molar refractivity (Wildman–Crippen MR) is 60.2 cm³/mol. The van der Waals surface area contributed by atoms with Gasteiger partial charge in [0, 0.05) is 38.1 Å². The Labute approximate surface area is 93.9 Å². The van der Waals surface area contributed by atoms with Gasteiger partial charge in [-0.1, -0.05) is 0 Å². The van der Waals surface area contributed by atoms with Crippen LogP contribution in [0.4, 0.5) is 5.82 Å². The minimum absolute atomic E-state index is 0.247. The van der Waals surface area contributed by atoms with Gasteiger partial charge in [-0.25, -0.2) is 9.97 Å². The van der Waals surface area contributed by atoms with Crippen LogP contribution in [0.1, 0.15) is 17.4 Å². The molecule has 0 spiro atoms. The van der Waals surface area contributed by atoms with Crippen LogP contribution >= 0.6 is 0 Å². The molecule has 1 saturated heterocycles. The Hall–Kier alpha value is -1.69. The molecule has 3 N–H and O–H groups in total. The first-order valence-corrected chi connectivity index (χ1v) is 5.27. The molecule has 6 heteroatoms. The summed E-state index contributed by atoms with van der Waals surface area (Å²) in [6, 6.07) is 0.372. The number of hydrogen-bond acceptors (Lipinski definition) is 5. The maximum Gasteiger partial charge on any atom is 0.271 e. The third kappa shape index (κ3) is 2.11. The fourth-order valence-corrected chi connectivity index (χ4v) is 1.86. The van der Waals surface area contributed by atoms with Gasteiger partial charge in [0.05, 0.1) is 0 Å². The standard InChI is InChI=1S/C10H15N5O/c1-7-6-15(5-4-12-7)10-8(9(11)16)13-2-3-14-10/h2-3,7,12H,4-6H2,1H3,(H2,11,16)/t7-/m1/s1. The number of carbonyl (C=O) groups excluding carboxylic acids is 1. The van der Waals surface area contributed by atoms with Crippen LogP contribution in [0.15, 0.2) is 12.4 Å². The highest BCUT2D eigenvalue weighted by atomic mass is 16.1. The largest absolute Gasteiger partial charge is 0.364 e. The van der Waals surface area contributed by atoms with E-state index in [2.05, 4.69) is 22.2 Å². The lowest BCUT2D eigenvalue weighted by Crippen LogP contribution is -2.50. The molecule has 0 bridgehead atoms. The van der Waals surface area contributed by atoms with Crippen molar-refractivity contribution in [2.24, 2.45) is 5.73 Å². The third-order valence-corrected chi connectivity index (χ3v) is 2.58. The lowest BCUT2D eigenvalue weighted by Gasteiger charge is -2.33. The van der Waals surface area contributed by atoms with E-state index in [9.17, 15) is 4.79 Å². The molecule has 1 atom stereocenters. The average Bonchev–Trinajstić information content (AvgIpc) is 2.29. The number of amides is 1. The van der Waals surface area contributed by atoms with Crippen LogP contribution in [0, 0.1) is 0 Å². The van der Waals surface area contributed by atoms with Crippen molar-refractivity contribution < 1.29 is 4.79 Å². The quantitative estimate of drug-likeness (QED) is 0.695. The number of hydrogen-bond donors (Lipinski definition) is 2. The highest BCUT2D eigenvalue weighted by Gasteiger charge is 2.21. The van der Waals surface area contributed by atoms with Crippen LogP contribution in [0.25, 0.3) is 0 Å². The summed E-state index contributed by atoms with van der Waals surface area (Å²) in [5.41, 5.74) is 5.52. The van der Waals surface area contributed by atoms with E-state index in [1.54, 1.807) is 6.20 Å². The van der Waals surface area contributed by atoms with Crippen molar-refractivity contribution in [1.82, 2.24) is 15.3 Å². The molecule has 1 fully saturated rings. The van der Waals surface area contributed by atoms with Crippen LogP contribution in [0.5, 0.6) is 0 Å². The smallest absolute Gasteiger partial charge is 0.271 e. The second-order valence-electron chi connectivity index (χ2n) is 3.89. The highest BCUT2D eigenvalue weighted by molar-refractivity contribution is 5.95. The Morgan fingerprint density at radius 2 is 2.31 bits per heavy atom. The number of nitrogens with zero attached hydrogens (tertiary/aromatic N) is 3. The van der Waals surface area contributed by atoms with Crippen molar-refractivity contribution in [3.05, 3.63) is 18.1 Å². The van der Waals surface area contributed by atoms with Crippen molar-refractivity contribution in [1.29, 1.82) is 0 Å². The molecule has 0 saturated carbocycles. The number of nitrogens with two attached hydrogens (primary N) is 1. The maximum absolute atomic E-state index is 11.2. The monoisotopic (exact) mass is 221 g/mol. The van der Waals surface area contributed by atoms with Gasteiger partial charge in [-0.15, -0.1) is 0 Å². The van der Waals surface area contributed by atoms with Gasteiger partial charge in [0.1, 0.15) is 0 Å². The second kappa shape index (κ2) is 4.44. The Balaban J connectivity index is 2.28. The van der Waals surface area contributed by atoms with Gasteiger partial charge in [0.15, 0.2) is 11.5 Å². The summed E-state index contributed by atoms with van der Waals surface area (Å²) < 4.78 is 0. The van der Waals surface area contributed by atoms with E-state index in [0.29, 0.717) is 11.9 Å². The Morgan fingerprint density at radius 1 is 1.56 bits per heavy atom. The molecule has 0 aromatic carbocycles. The van der Waals surface area contributed by atoms with Gasteiger partial charge in [0.25, 0.3) is 5.91 Å². The first kappa shape index (κ1) is 10.8. The number of nitrogens with one attached hydrogen (secondary N) is 1. The Bertz CT molecular complexity index is 395. The van der Waals surface area contributed by atoms with Gasteiger partial charge in [-0.2, -0.15) is 0 Å². The molecule has 0 radical (unpaired) electrons. The molecule has 1 aliphatic rings. The summed E-state index contributed by atoms with van der Waals surface area (Å²) in [5.74, 6) is 0.0534. The van der Waals surface area contributed by atoms with Crippen LogP contribution in [-0.4, -0.2) is 41.6 Å². The van der Waals surface area contributed by atoms with Gasteiger partial charge in [-0.05, 0) is 6.92 Å². The van der Waals surface area contributed by atoms with Crippen molar-refractivity contribution in [2.75, 3.05) is 24.5 Å². The summed E-state index contributed by atoms with van der Waals surface area (Å²) in [6.07, 6.45) is 3.06. The molecular weight excluding hydrogens is 206 g/mol. The number of anilines is 1. The highest BCUT2D eigenvalue weighted by Crippen LogP contribution is 2.15. The Kier molecular flexibility index (Phi) is 3.00. The molecule has 1 amide bonds. The van der Waals surface area contributed by atoms with Gasteiger partial charge in [0.2, 0.25) is 0 Å². The van der Waals surface area contributed by atoms with Crippen LogP contribution in [0.2, 0.25) is 0 Å². The van der Waals surface area contributed by atoms with Gasteiger partial charge >= 0.3 is 0 Å². The molecule has 1 aliphatic heterocycles. The zero-order valence-electron chi connectivity index (χ0n) is 9.18. The lowest BCUT2D eigenvalue weighted by atomic mass is 10.2. The van der Waals surface area contributed by atoms with E-state index in [1.807, 2.05) is 4.90 Å². The van der Waals surface area contributed by atoms with Gasteiger partial charge in [-0.3, -0.25) is 4.79 Å². The molecule has 16 heavy (non-hydrogen) atoms. The van der Waals surface area contributed by atoms with Crippen molar-refractivity contribution in [2.45, 2.75) is 13.0 Å². The molecular formula is C10H15N5O. The molecule has 2 heterocycles. The van der Waals surface area contributed by atoms with Crippen molar-refractivity contribution >= 4 is 11.7 Å². The molecule has 86 valence electrons. The summed E-state index contributed by atoms with van der Waals surface area (Å²) in [5, 5.41) is 3.32. The molecule has 2 rings (SSSR count). The molecule has 0 unspecified atom stereocenters. The third-order valence-electron chi connectivity index (χ3n) is 2.58.